The van der Waals surface area contributed by atoms with Gasteiger partial charge in [-0.05, 0) is 55.8 Å². The molecule has 0 saturated heterocycles. The largest absolute Gasteiger partial charge is 0.379 e. The summed E-state index contributed by atoms with van der Waals surface area (Å²) in [6.45, 7) is 16.3. The minimum absolute atomic E-state index is 0.425. The highest BCUT2D eigenvalue weighted by atomic mass is 16.5. The Kier molecular flexibility index (Phi) is 7.00. The molecule has 1 rings (SSSR count). The van der Waals surface area contributed by atoms with Crippen molar-refractivity contribution in [1.82, 2.24) is 0 Å². The van der Waals surface area contributed by atoms with E-state index in [1.807, 2.05) is 6.92 Å². The first kappa shape index (κ1) is 18.0. The van der Waals surface area contributed by atoms with Crippen LogP contribution in [0.3, 0.4) is 0 Å². The molecule has 0 N–H and O–H groups in total. The standard InChI is InChI=1S/C18H36O2/c1-7-19-12-13-20-16-10-8-15(9-11-16)18(5,6)14-17(2,3)4/h15-16H,7-14H2,1-6H3. The molecule has 0 atom stereocenters. The quantitative estimate of drug-likeness (QED) is 0.608. The van der Waals surface area contributed by atoms with Crippen molar-refractivity contribution in [3.8, 4) is 0 Å². The van der Waals surface area contributed by atoms with Gasteiger partial charge in [0.05, 0.1) is 19.3 Å². The van der Waals surface area contributed by atoms with Gasteiger partial charge in [0, 0.05) is 6.61 Å². The molecular formula is C18H36O2. The molecule has 20 heavy (non-hydrogen) atoms. The molecule has 0 aromatic carbocycles. The monoisotopic (exact) mass is 284 g/mol. The third kappa shape index (κ3) is 6.58. The number of hydrogen-bond acceptors (Lipinski definition) is 2. The van der Waals surface area contributed by atoms with Crippen LogP contribution < -0.4 is 0 Å². The van der Waals surface area contributed by atoms with E-state index in [0.29, 0.717) is 16.9 Å². The molecule has 1 fully saturated rings. The topological polar surface area (TPSA) is 18.5 Å². The fraction of sp³-hybridized carbons (Fsp3) is 1.00. The molecule has 1 saturated carbocycles. The predicted octanol–water partition coefficient (Wildman–Crippen LogP) is 5.06. The Morgan fingerprint density at radius 2 is 1.50 bits per heavy atom. The number of rotatable bonds is 7. The predicted molar refractivity (Wildman–Crippen MR) is 86.0 cm³/mol. The van der Waals surface area contributed by atoms with Crippen LogP contribution in [-0.2, 0) is 9.47 Å². The van der Waals surface area contributed by atoms with E-state index in [0.717, 1.165) is 25.7 Å². The first-order chi connectivity index (χ1) is 9.24. The van der Waals surface area contributed by atoms with Crippen molar-refractivity contribution in [2.24, 2.45) is 16.7 Å². The maximum Gasteiger partial charge on any atom is 0.0704 e. The van der Waals surface area contributed by atoms with E-state index in [4.69, 9.17) is 9.47 Å². The average Bonchev–Trinajstić information content (AvgIpc) is 2.32. The summed E-state index contributed by atoms with van der Waals surface area (Å²) in [5.41, 5.74) is 0.878. The maximum absolute atomic E-state index is 5.92. The summed E-state index contributed by atoms with van der Waals surface area (Å²) < 4.78 is 11.3. The molecule has 0 aromatic rings. The van der Waals surface area contributed by atoms with Gasteiger partial charge in [-0.2, -0.15) is 0 Å². The highest BCUT2D eigenvalue weighted by molar-refractivity contribution is 4.86. The molecule has 0 bridgehead atoms. The molecule has 120 valence electrons. The third-order valence-corrected chi connectivity index (χ3v) is 4.55. The SMILES string of the molecule is CCOCCOC1CCC(C(C)(C)CC(C)(C)C)CC1. The van der Waals surface area contributed by atoms with Gasteiger partial charge in [0.2, 0.25) is 0 Å². The van der Waals surface area contributed by atoms with Crippen molar-refractivity contribution >= 4 is 0 Å². The second-order valence-corrected chi connectivity index (χ2v) is 8.27. The molecule has 0 spiro atoms. The summed E-state index contributed by atoms with van der Waals surface area (Å²) in [7, 11) is 0. The molecule has 0 radical (unpaired) electrons. The van der Waals surface area contributed by atoms with E-state index in [1.54, 1.807) is 0 Å². The molecule has 2 heteroatoms. The number of hydrogen-bond donors (Lipinski definition) is 0. The normalized spacial score (nSPS) is 24.9. The van der Waals surface area contributed by atoms with Crippen LogP contribution >= 0.6 is 0 Å². The minimum Gasteiger partial charge on any atom is -0.379 e. The van der Waals surface area contributed by atoms with Crippen LogP contribution in [0.5, 0.6) is 0 Å². The van der Waals surface area contributed by atoms with Crippen LogP contribution in [0, 0.1) is 16.7 Å². The van der Waals surface area contributed by atoms with E-state index in [1.165, 1.54) is 32.1 Å². The molecule has 0 unspecified atom stereocenters. The Labute approximate surface area is 126 Å². The molecule has 1 aliphatic rings. The van der Waals surface area contributed by atoms with Crippen molar-refractivity contribution in [2.75, 3.05) is 19.8 Å². The smallest absolute Gasteiger partial charge is 0.0704 e. The lowest BCUT2D eigenvalue weighted by Gasteiger charge is -2.42. The number of ether oxygens (including phenoxy) is 2. The summed E-state index contributed by atoms with van der Waals surface area (Å²) >= 11 is 0. The van der Waals surface area contributed by atoms with Crippen LogP contribution in [0.15, 0.2) is 0 Å². The zero-order valence-corrected chi connectivity index (χ0v) is 14.6. The van der Waals surface area contributed by atoms with Crippen LogP contribution in [0.25, 0.3) is 0 Å². The fourth-order valence-corrected chi connectivity index (χ4v) is 3.94. The molecule has 2 nitrogen and oxygen atoms in total. The van der Waals surface area contributed by atoms with Crippen LogP contribution in [-0.4, -0.2) is 25.9 Å². The Hall–Kier alpha value is -0.0800. The van der Waals surface area contributed by atoms with Crippen LogP contribution in [0.2, 0.25) is 0 Å². The van der Waals surface area contributed by atoms with Crippen molar-refractivity contribution in [3.63, 3.8) is 0 Å². The maximum atomic E-state index is 5.92. The van der Waals surface area contributed by atoms with E-state index in [2.05, 4.69) is 34.6 Å². The zero-order chi connectivity index (χ0) is 15.2. The van der Waals surface area contributed by atoms with E-state index < -0.39 is 0 Å². The second kappa shape index (κ2) is 7.79. The Morgan fingerprint density at radius 1 is 0.900 bits per heavy atom. The molecule has 0 aromatic heterocycles. The van der Waals surface area contributed by atoms with Gasteiger partial charge in [0.25, 0.3) is 0 Å². The van der Waals surface area contributed by atoms with Crippen molar-refractivity contribution in [1.29, 1.82) is 0 Å². The summed E-state index contributed by atoms with van der Waals surface area (Å²) in [5, 5.41) is 0. The van der Waals surface area contributed by atoms with E-state index >= 15 is 0 Å². The lowest BCUT2D eigenvalue weighted by molar-refractivity contribution is -0.0282. The van der Waals surface area contributed by atoms with Gasteiger partial charge in [-0.1, -0.05) is 34.6 Å². The average molecular weight is 284 g/mol. The van der Waals surface area contributed by atoms with Crippen LogP contribution in [0.4, 0.5) is 0 Å². The molecule has 0 amide bonds. The van der Waals surface area contributed by atoms with E-state index in [-0.39, 0.29) is 0 Å². The Bertz CT molecular complexity index is 257. The summed E-state index contributed by atoms with van der Waals surface area (Å²) in [6.07, 6.45) is 6.87. The van der Waals surface area contributed by atoms with Gasteiger partial charge in [-0.15, -0.1) is 0 Å². The second-order valence-electron chi connectivity index (χ2n) is 8.27. The third-order valence-electron chi connectivity index (χ3n) is 4.55. The van der Waals surface area contributed by atoms with Gasteiger partial charge in [0.1, 0.15) is 0 Å². The molecule has 0 aliphatic heterocycles. The Morgan fingerprint density at radius 3 is 2.00 bits per heavy atom. The van der Waals surface area contributed by atoms with Crippen molar-refractivity contribution in [2.45, 2.75) is 79.8 Å². The highest BCUT2D eigenvalue weighted by Crippen LogP contribution is 2.45. The van der Waals surface area contributed by atoms with Gasteiger partial charge in [-0.25, -0.2) is 0 Å². The fourth-order valence-electron chi connectivity index (χ4n) is 3.94. The van der Waals surface area contributed by atoms with Crippen LogP contribution in [0.1, 0.15) is 73.6 Å². The first-order valence-electron chi connectivity index (χ1n) is 8.44. The Balaban J connectivity index is 2.30. The van der Waals surface area contributed by atoms with Gasteiger partial charge >= 0.3 is 0 Å². The lowest BCUT2D eigenvalue weighted by atomic mass is 9.64. The first-order valence-corrected chi connectivity index (χ1v) is 8.44. The lowest BCUT2D eigenvalue weighted by Crippen LogP contribution is -2.34. The zero-order valence-electron chi connectivity index (χ0n) is 14.6. The molecule has 1 aliphatic carbocycles. The van der Waals surface area contributed by atoms with Gasteiger partial charge in [-0.3, -0.25) is 0 Å². The molecular weight excluding hydrogens is 248 g/mol. The van der Waals surface area contributed by atoms with Crippen molar-refractivity contribution < 1.29 is 9.47 Å². The van der Waals surface area contributed by atoms with E-state index in [9.17, 15) is 0 Å². The molecule has 0 heterocycles. The van der Waals surface area contributed by atoms with Gasteiger partial charge < -0.3 is 9.47 Å². The summed E-state index contributed by atoms with van der Waals surface area (Å²) in [4.78, 5) is 0. The highest BCUT2D eigenvalue weighted by Gasteiger charge is 2.35. The minimum atomic E-state index is 0.425. The van der Waals surface area contributed by atoms with Gasteiger partial charge in [0.15, 0.2) is 0 Å². The summed E-state index contributed by atoms with van der Waals surface area (Å²) in [6, 6.07) is 0. The van der Waals surface area contributed by atoms with Crippen molar-refractivity contribution in [3.05, 3.63) is 0 Å². The summed E-state index contributed by atoms with van der Waals surface area (Å²) in [5.74, 6) is 0.855.